The van der Waals surface area contributed by atoms with Gasteiger partial charge in [-0.2, -0.15) is 0 Å². The molecule has 1 heterocycles. The first-order chi connectivity index (χ1) is 8.33. The SMILES string of the molecule is CC(C)N1CCOC(CNCC(C)(C)C(C)C)C1. The molecule has 3 heteroatoms. The van der Waals surface area contributed by atoms with Crippen LogP contribution in [0.25, 0.3) is 0 Å². The molecule has 0 saturated carbocycles. The van der Waals surface area contributed by atoms with Crippen molar-refractivity contribution in [2.45, 2.75) is 53.7 Å². The topological polar surface area (TPSA) is 24.5 Å². The van der Waals surface area contributed by atoms with Gasteiger partial charge in [0.1, 0.15) is 0 Å². The van der Waals surface area contributed by atoms with E-state index in [1.54, 1.807) is 0 Å². The third-order valence-corrected chi connectivity index (χ3v) is 4.42. The molecule has 3 nitrogen and oxygen atoms in total. The monoisotopic (exact) mass is 256 g/mol. The van der Waals surface area contributed by atoms with Gasteiger partial charge in [-0.05, 0) is 25.2 Å². The Morgan fingerprint density at radius 3 is 2.50 bits per heavy atom. The Morgan fingerprint density at radius 1 is 1.28 bits per heavy atom. The molecule has 1 atom stereocenters. The highest BCUT2D eigenvalue weighted by Crippen LogP contribution is 2.24. The molecule has 1 fully saturated rings. The van der Waals surface area contributed by atoms with E-state index in [4.69, 9.17) is 4.74 Å². The van der Waals surface area contributed by atoms with E-state index in [1.165, 1.54) is 0 Å². The van der Waals surface area contributed by atoms with Crippen molar-refractivity contribution in [1.29, 1.82) is 0 Å². The summed E-state index contributed by atoms with van der Waals surface area (Å²) in [5.74, 6) is 0.699. The lowest BCUT2D eigenvalue weighted by molar-refractivity contribution is -0.0380. The van der Waals surface area contributed by atoms with E-state index in [9.17, 15) is 0 Å². The average Bonchev–Trinajstić information content (AvgIpc) is 2.29. The van der Waals surface area contributed by atoms with Crippen molar-refractivity contribution in [2.75, 3.05) is 32.8 Å². The van der Waals surface area contributed by atoms with Gasteiger partial charge in [-0.15, -0.1) is 0 Å². The summed E-state index contributed by atoms with van der Waals surface area (Å²) in [6.45, 7) is 18.8. The van der Waals surface area contributed by atoms with Gasteiger partial charge in [0.2, 0.25) is 0 Å². The van der Waals surface area contributed by atoms with Crippen LogP contribution in [-0.2, 0) is 4.74 Å². The van der Waals surface area contributed by atoms with E-state index >= 15 is 0 Å². The zero-order chi connectivity index (χ0) is 13.8. The zero-order valence-corrected chi connectivity index (χ0v) is 13.1. The number of morpholine rings is 1. The molecule has 0 aromatic heterocycles. The van der Waals surface area contributed by atoms with E-state index in [1.807, 2.05) is 0 Å². The third-order valence-electron chi connectivity index (χ3n) is 4.42. The summed E-state index contributed by atoms with van der Waals surface area (Å²) in [5, 5.41) is 3.58. The number of rotatable bonds is 6. The molecule has 0 bridgehead atoms. The second kappa shape index (κ2) is 6.88. The van der Waals surface area contributed by atoms with Crippen molar-refractivity contribution in [3.8, 4) is 0 Å². The molecule has 1 saturated heterocycles. The summed E-state index contributed by atoms with van der Waals surface area (Å²) < 4.78 is 5.83. The summed E-state index contributed by atoms with van der Waals surface area (Å²) in [7, 11) is 0. The summed E-state index contributed by atoms with van der Waals surface area (Å²) in [5.41, 5.74) is 0.354. The Morgan fingerprint density at radius 2 is 1.94 bits per heavy atom. The standard InChI is InChI=1S/C15H32N2O/c1-12(2)15(5,6)11-16-9-14-10-17(13(3)4)7-8-18-14/h12-14,16H,7-11H2,1-6H3. The van der Waals surface area contributed by atoms with Crippen LogP contribution >= 0.6 is 0 Å². The number of nitrogens with one attached hydrogen (secondary N) is 1. The van der Waals surface area contributed by atoms with Crippen LogP contribution < -0.4 is 5.32 Å². The van der Waals surface area contributed by atoms with Gasteiger partial charge in [-0.1, -0.05) is 27.7 Å². The minimum atomic E-state index is 0.351. The van der Waals surface area contributed by atoms with Gasteiger partial charge in [0, 0.05) is 32.2 Å². The molecule has 1 aliphatic heterocycles. The van der Waals surface area contributed by atoms with Crippen molar-refractivity contribution in [3.05, 3.63) is 0 Å². The highest BCUT2D eigenvalue weighted by atomic mass is 16.5. The molecule has 0 aromatic carbocycles. The molecular formula is C15H32N2O. The van der Waals surface area contributed by atoms with Gasteiger partial charge in [-0.3, -0.25) is 4.90 Å². The molecule has 0 spiro atoms. The number of ether oxygens (including phenoxy) is 1. The van der Waals surface area contributed by atoms with Crippen LogP contribution in [-0.4, -0.2) is 49.8 Å². The fraction of sp³-hybridized carbons (Fsp3) is 1.00. The number of hydrogen-bond acceptors (Lipinski definition) is 3. The van der Waals surface area contributed by atoms with Crippen molar-refractivity contribution in [1.82, 2.24) is 10.2 Å². The normalized spacial score (nSPS) is 23.0. The van der Waals surface area contributed by atoms with Crippen LogP contribution in [0.15, 0.2) is 0 Å². The first-order valence-electron chi connectivity index (χ1n) is 7.39. The fourth-order valence-corrected chi connectivity index (χ4v) is 2.09. The smallest absolute Gasteiger partial charge is 0.0826 e. The quantitative estimate of drug-likeness (QED) is 0.789. The lowest BCUT2D eigenvalue weighted by Crippen LogP contribution is -2.50. The predicted octanol–water partition coefficient (Wildman–Crippen LogP) is 2.37. The summed E-state index contributed by atoms with van der Waals surface area (Å²) >= 11 is 0. The maximum absolute atomic E-state index is 5.83. The number of hydrogen-bond donors (Lipinski definition) is 1. The zero-order valence-electron chi connectivity index (χ0n) is 13.1. The summed E-state index contributed by atoms with van der Waals surface area (Å²) in [4.78, 5) is 2.50. The van der Waals surface area contributed by atoms with Crippen molar-refractivity contribution in [3.63, 3.8) is 0 Å². The Labute approximate surface area is 113 Å². The molecular weight excluding hydrogens is 224 g/mol. The summed E-state index contributed by atoms with van der Waals surface area (Å²) in [6, 6.07) is 0.628. The number of nitrogens with zero attached hydrogens (tertiary/aromatic N) is 1. The largest absolute Gasteiger partial charge is 0.374 e. The minimum Gasteiger partial charge on any atom is -0.374 e. The Bertz CT molecular complexity index is 239. The molecule has 1 unspecified atom stereocenters. The molecule has 1 rings (SSSR count). The highest BCUT2D eigenvalue weighted by molar-refractivity contribution is 4.79. The van der Waals surface area contributed by atoms with Crippen molar-refractivity contribution < 1.29 is 4.74 Å². The van der Waals surface area contributed by atoms with Crippen LogP contribution in [0.2, 0.25) is 0 Å². The van der Waals surface area contributed by atoms with E-state index in [-0.39, 0.29) is 0 Å². The lowest BCUT2D eigenvalue weighted by Gasteiger charge is -2.36. The second-order valence-electron chi connectivity index (χ2n) is 6.86. The maximum atomic E-state index is 5.83. The Kier molecular flexibility index (Phi) is 6.09. The summed E-state index contributed by atoms with van der Waals surface area (Å²) in [6.07, 6.45) is 0.351. The van der Waals surface area contributed by atoms with Crippen molar-refractivity contribution in [2.24, 2.45) is 11.3 Å². The van der Waals surface area contributed by atoms with Crippen LogP contribution in [0.3, 0.4) is 0 Å². The van der Waals surface area contributed by atoms with Crippen LogP contribution in [0.1, 0.15) is 41.5 Å². The maximum Gasteiger partial charge on any atom is 0.0826 e. The van der Waals surface area contributed by atoms with E-state index in [2.05, 4.69) is 51.8 Å². The molecule has 0 aliphatic carbocycles. The van der Waals surface area contributed by atoms with Gasteiger partial charge >= 0.3 is 0 Å². The third kappa shape index (κ3) is 4.87. The molecule has 1 aliphatic rings. The van der Waals surface area contributed by atoms with E-state index < -0.39 is 0 Å². The van der Waals surface area contributed by atoms with Gasteiger partial charge in [-0.25, -0.2) is 0 Å². The molecule has 0 amide bonds. The predicted molar refractivity (Wildman–Crippen MR) is 77.9 cm³/mol. The average molecular weight is 256 g/mol. The van der Waals surface area contributed by atoms with Crippen molar-refractivity contribution >= 4 is 0 Å². The van der Waals surface area contributed by atoms with Crippen LogP contribution in [0.4, 0.5) is 0 Å². The molecule has 1 N–H and O–H groups in total. The Balaban J connectivity index is 2.27. The minimum absolute atomic E-state index is 0.351. The van der Waals surface area contributed by atoms with Gasteiger partial charge in [0.05, 0.1) is 12.7 Å². The van der Waals surface area contributed by atoms with E-state index in [0.717, 1.165) is 32.8 Å². The Hall–Kier alpha value is -0.120. The molecule has 108 valence electrons. The van der Waals surface area contributed by atoms with Gasteiger partial charge < -0.3 is 10.1 Å². The van der Waals surface area contributed by atoms with Crippen LogP contribution in [0, 0.1) is 11.3 Å². The lowest BCUT2D eigenvalue weighted by atomic mass is 9.81. The van der Waals surface area contributed by atoms with Gasteiger partial charge in [0.25, 0.3) is 0 Å². The van der Waals surface area contributed by atoms with Gasteiger partial charge in [0.15, 0.2) is 0 Å². The fourth-order valence-electron chi connectivity index (χ4n) is 2.09. The molecule has 0 aromatic rings. The van der Waals surface area contributed by atoms with Crippen LogP contribution in [0.5, 0.6) is 0 Å². The molecule has 0 radical (unpaired) electrons. The first kappa shape index (κ1) is 15.9. The highest BCUT2D eigenvalue weighted by Gasteiger charge is 2.24. The first-order valence-corrected chi connectivity index (χ1v) is 7.39. The second-order valence-corrected chi connectivity index (χ2v) is 6.86. The van der Waals surface area contributed by atoms with E-state index in [0.29, 0.717) is 23.5 Å². The molecule has 18 heavy (non-hydrogen) atoms.